The van der Waals surface area contributed by atoms with Gasteiger partial charge in [0, 0.05) is 5.56 Å². The van der Waals surface area contributed by atoms with Crippen LogP contribution in [0, 0.1) is 11.6 Å². The van der Waals surface area contributed by atoms with E-state index in [9.17, 15) is 13.2 Å². The summed E-state index contributed by atoms with van der Waals surface area (Å²) in [5.74, 6) is -2.40. The van der Waals surface area contributed by atoms with E-state index in [0.717, 1.165) is 12.1 Å². The molecule has 0 fully saturated rings. The van der Waals surface area contributed by atoms with Crippen LogP contribution in [0.1, 0.15) is 5.56 Å². The minimum absolute atomic E-state index is 0.313. The fourth-order valence-electron chi connectivity index (χ4n) is 0.669. The van der Waals surface area contributed by atoms with Crippen LogP contribution in [0.4, 0.5) is 13.2 Å². The third-order valence-corrected chi connectivity index (χ3v) is 1.55. The van der Waals surface area contributed by atoms with Gasteiger partial charge >= 0.3 is 0 Å². The van der Waals surface area contributed by atoms with Gasteiger partial charge in [0.1, 0.15) is 6.67 Å². The highest BCUT2D eigenvalue weighted by molar-refractivity contribution is 6.30. The van der Waals surface area contributed by atoms with E-state index in [1.54, 1.807) is 0 Å². The summed E-state index contributed by atoms with van der Waals surface area (Å²) in [6.07, 6.45) is 0. The first kappa shape index (κ1) is 8.40. The molecule has 0 saturated heterocycles. The van der Waals surface area contributed by atoms with E-state index < -0.39 is 18.3 Å². The van der Waals surface area contributed by atoms with Crippen molar-refractivity contribution < 1.29 is 13.2 Å². The topological polar surface area (TPSA) is 0 Å². The Morgan fingerprint density at radius 1 is 1.18 bits per heavy atom. The van der Waals surface area contributed by atoms with Crippen molar-refractivity contribution in [1.82, 2.24) is 0 Å². The monoisotopic (exact) mass is 180 g/mol. The van der Waals surface area contributed by atoms with E-state index in [-0.39, 0.29) is 10.6 Å². The Labute approximate surface area is 66.6 Å². The number of rotatable bonds is 1. The molecule has 4 heteroatoms. The third kappa shape index (κ3) is 1.48. The van der Waals surface area contributed by atoms with E-state index in [1.165, 1.54) is 0 Å². The van der Waals surface area contributed by atoms with E-state index >= 15 is 0 Å². The zero-order valence-corrected chi connectivity index (χ0v) is 6.13. The van der Waals surface area contributed by atoms with Crippen LogP contribution in [0.15, 0.2) is 12.1 Å². The van der Waals surface area contributed by atoms with Crippen LogP contribution in [0.2, 0.25) is 5.02 Å². The first-order valence-electron chi connectivity index (χ1n) is 2.85. The van der Waals surface area contributed by atoms with Crippen molar-refractivity contribution in [3.8, 4) is 0 Å². The number of benzene rings is 1. The SMILES string of the molecule is FCc1ccc(Cl)c(F)c1F. The average molecular weight is 181 g/mol. The van der Waals surface area contributed by atoms with Gasteiger partial charge in [-0.25, -0.2) is 13.2 Å². The fraction of sp³-hybridized carbons (Fsp3) is 0.143. The fourth-order valence-corrected chi connectivity index (χ4v) is 0.815. The predicted octanol–water partition coefficient (Wildman–Crippen LogP) is 3.09. The maximum atomic E-state index is 12.6. The van der Waals surface area contributed by atoms with Gasteiger partial charge in [0.05, 0.1) is 5.02 Å². The lowest BCUT2D eigenvalue weighted by Crippen LogP contribution is -1.91. The molecule has 1 aromatic carbocycles. The molecule has 11 heavy (non-hydrogen) atoms. The molecule has 0 amide bonds. The van der Waals surface area contributed by atoms with Crippen molar-refractivity contribution in [2.24, 2.45) is 0 Å². The van der Waals surface area contributed by atoms with E-state index in [1.807, 2.05) is 0 Å². The molecule has 0 atom stereocenters. The number of hydrogen-bond acceptors (Lipinski definition) is 0. The highest BCUT2D eigenvalue weighted by atomic mass is 35.5. The molecular formula is C7H4ClF3. The van der Waals surface area contributed by atoms with Crippen LogP contribution in [0.25, 0.3) is 0 Å². The molecule has 0 aliphatic carbocycles. The Hall–Kier alpha value is -0.700. The largest absolute Gasteiger partial charge is 0.246 e. The summed E-state index contributed by atoms with van der Waals surface area (Å²) in [5, 5.41) is -0.334. The minimum Gasteiger partial charge on any atom is -0.246 e. The van der Waals surface area contributed by atoms with Gasteiger partial charge < -0.3 is 0 Å². The van der Waals surface area contributed by atoms with Crippen molar-refractivity contribution in [3.63, 3.8) is 0 Å². The van der Waals surface area contributed by atoms with Crippen LogP contribution in [-0.4, -0.2) is 0 Å². The Kier molecular flexibility index (Phi) is 2.39. The number of hydrogen-bond donors (Lipinski definition) is 0. The molecule has 0 radical (unpaired) electrons. The summed E-state index contributed by atoms with van der Waals surface area (Å²) < 4.78 is 36.9. The van der Waals surface area contributed by atoms with E-state index in [0.29, 0.717) is 0 Å². The number of halogens is 4. The Morgan fingerprint density at radius 2 is 1.82 bits per heavy atom. The second kappa shape index (κ2) is 3.13. The molecule has 1 aromatic rings. The van der Waals surface area contributed by atoms with Gasteiger partial charge in [0.25, 0.3) is 0 Å². The summed E-state index contributed by atoms with van der Waals surface area (Å²) in [7, 11) is 0. The van der Waals surface area contributed by atoms with Gasteiger partial charge in [-0.15, -0.1) is 0 Å². The summed E-state index contributed by atoms with van der Waals surface area (Å²) in [6.45, 7) is -1.03. The summed E-state index contributed by atoms with van der Waals surface area (Å²) in [6, 6.07) is 2.23. The summed E-state index contributed by atoms with van der Waals surface area (Å²) >= 11 is 5.21. The molecule has 0 heterocycles. The zero-order valence-electron chi connectivity index (χ0n) is 5.37. The third-order valence-electron chi connectivity index (χ3n) is 1.26. The highest BCUT2D eigenvalue weighted by Crippen LogP contribution is 2.20. The quantitative estimate of drug-likeness (QED) is 0.583. The molecular weight excluding hydrogens is 177 g/mol. The zero-order chi connectivity index (χ0) is 8.43. The lowest BCUT2D eigenvalue weighted by molar-refractivity contribution is 0.441. The Morgan fingerprint density at radius 3 is 2.36 bits per heavy atom. The highest BCUT2D eigenvalue weighted by Gasteiger charge is 2.10. The van der Waals surface area contributed by atoms with E-state index in [4.69, 9.17) is 11.6 Å². The van der Waals surface area contributed by atoms with Crippen LogP contribution in [0.5, 0.6) is 0 Å². The summed E-state index contributed by atoms with van der Waals surface area (Å²) in [4.78, 5) is 0. The maximum absolute atomic E-state index is 12.6. The number of alkyl halides is 1. The lowest BCUT2D eigenvalue weighted by atomic mass is 10.2. The smallest absolute Gasteiger partial charge is 0.177 e. The van der Waals surface area contributed by atoms with Crippen molar-refractivity contribution >= 4 is 11.6 Å². The van der Waals surface area contributed by atoms with Gasteiger partial charge in [-0.3, -0.25) is 0 Å². The molecule has 0 bridgehead atoms. The van der Waals surface area contributed by atoms with Crippen molar-refractivity contribution in [1.29, 1.82) is 0 Å². The molecule has 0 spiro atoms. The first-order valence-corrected chi connectivity index (χ1v) is 3.23. The summed E-state index contributed by atoms with van der Waals surface area (Å²) in [5.41, 5.74) is -0.313. The van der Waals surface area contributed by atoms with Gasteiger partial charge in [0.15, 0.2) is 11.6 Å². The second-order valence-electron chi connectivity index (χ2n) is 1.97. The first-order chi connectivity index (χ1) is 5.16. The van der Waals surface area contributed by atoms with Gasteiger partial charge in [-0.2, -0.15) is 0 Å². The molecule has 0 nitrogen and oxygen atoms in total. The Balaban J connectivity index is 3.25. The minimum atomic E-state index is -1.21. The lowest BCUT2D eigenvalue weighted by Gasteiger charge is -1.99. The molecule has 60 valence electrons. The molecule has 0 aliphatic rings. The van der Waals surface area contributed by atoms with Crippen molar-refractivity contribution in [3.05, 3.63) is 34.4 Å². The molecule has 0 N–H and O–H groups in total. The molecule has 0 aliphatic heterocycles. The maximum Gasteiger partial charge on any atom is 0.177 e. The second-order valence-corrected chi connectivity index (χ2v) is 2.38. The van der Waals surface area contributed by atoms with Crippen molar-refractivity contribution in [2.75, 3.05) is 0 Å². The van der Waals surface area contributed by atoms with Gasteiger partial charge in [-0.1, -0.05) is 17.7 Å². The van der Waals surface area contributed by atoms with Gasteiger partial charge in [0.2, 0.25) is 0 Å². The standard InChI is InChI=1S/C7H4ClF3/c8-5-2-1-4(3-9)6(10)7(5)11/h1-2H,3H2. The molecule has 1 rings (SSSR count). The van der Waals surface area contributed by atoms with Crippen LogP contribution >= 0.6 is 11.6 Å². The molecule has 0 unspecified atom stereocenters. The predicted molar refractivity (Wildman–Crippen MR) is 36.2 cm³/mol. The van der Waals surface area contributed by atoms with Crippen LogP contribution in [0.3, 0.4) is 0 Å². The van der Waals surface area contributed by atoms with Crippen molar-refractivity contribution in [2.45, 2.75) is 6.67 Å². The molecule has 0 saturated carbocycles. The molecule has 0 aromatic heterocycles. The Bertz CT molecular complexity index is 273. The average Bonchev–Trinajstić information content (AvgIpc) is 2.01. The normalized spacial score (nSPS) is 10.2. The van der Waals surface area contributed by atoms with Crippen LogP contribution < -0.4 is 0 Å². The van der Waals surface area contributed by atoms with Gasteiger partial charge in [-0.05, 0) is 6.07 Å². The van der Waals surface area contributed by atoms with Crippen LogP contribution in [-0.2, 0) is 6.67 Å². The van der Waals surface area contributed by atoms with E-state index in [2.05, 4.69) is 0 Å².